The number of nitrogens with zero attached hydrogens (tertiary/aromatic N) is 1. The Labute approximate surface area is 192 Å². The molecule has 0 saturated heterocycles. The fourth-order valence-corrected chi connectivity index (χ4v) is 4.56. The Morgan fingerprint density at radius 1 is 0.781 bits per heavy atom. The maximum Gasteiger partial charge on any atom is 0.176 e. The van der Waals surface area contributed by atoms with E-state index in [4.69, 9.17) is 4.99 Å². The number of carbonyl (C=O) groups is 2. The van der Waals surface area contributed by atoms with Crippen LogP contribution in [0.3, 0.4) is 0 Å². The van der Waals surface area contributed by atoms with Crippen molar-refractivity contribution in [3.8, 4) is 0 Å². The molecule has 3 nitrogen and oxygen atoms in total. The van der Waals surface area contributed by atoms with Crippen molar-refractivity contribution in [1.29, 1.82) is 0 Å². The van der Waals surface area contributed by atoms with Crippen molar-refractivity contribution in [1.82, 2.24) is 0 Å². The molecule has 0 N–H and O–H groups in total. The molecule has 0 bridgehead atoms. The molecule has 1 unspecified atom stereocenters. The van der Waals surface area contributed by atoms with E-state index in [0.717, 1.165) is 49.5 Å². The normalized spacial score (nSPS) is 17.2. The first-order valence-corrected chi connectivity index (χ1v) is 12.1. The number of aldehydes is 1. The summed E-state index contributed by atoms with van der Waals surface area (Å²) in [6.07, 6.45) is 17.3. The fraction of sp³-hybridized carbons (Fsp3) is 0.414. The van der Waals surface area contributed by atoms with Crippen LogP contribution in [0.5, 0.6) is 0 Å². The summed E-state index contributed by atoms with van der Waals surface area (Å²) in [5.41, 5.74) is 1.28. The lowest BCUT2D eigenvalue weighted by Crippen LogP contribution is -2.38. The third-order valence-electron chi connectivity index (χ3n) is 6.35. The lowest BCUT2D eigenvalue weighted by atomic mass is 9.76. The smallest absolute Gasteiger partial charge is 0.176 e. The van der Waals surface area contributed by atoms with E-state index in [0.29, 0.717) is 6.42 Å². The first-order valence-electron chi connectivity index (χ1n) is 12.1. The van der Waals surface area contributed by atoms with Gasteiger partial charge in [0.1, 0.15) is 11.8 Å². The van der Waals surface area contributed by atoms with Crippen LogP contribution in [-0.2, 0) is 9.59 Å². The zero-order valence-electron chi connectivity index (χ0n) is 19.0. The average Bonchev–Trinajstić information content (AvgIpc) is 3.32. The molecule has 2 aromatic rings. The van der Waals surface area contributed by atoms with Crippen LogP contribution >= 0.6 is 0 Å². The molecule has 32 heavy (non-hydrogen) atoms. The Morgan fingerprint density at radius 3 is 1.81 bits per heavy atom. The summed E-state index contributed by atoms with van der Waals surface area (Å²) in [5, 5.41) is 0. The predicted molar refractivity (Wildman–Crippen MR) is 132 cm³/mol. The summed E-state index contributed by atoms with van der Waals surface area (Å²) >= 11 is 0. The Hall–Kier alpha value is -2.81. The number of rotatable bonds is 15. The molecule has 0 aliphatic carbocycles. The van der Waals surface area contributed by atoms with E-state index in [1.165, 1.54) is 25.7 Å². The standard InChI is InChI=1S/C29H35NO2/c31-24-15-7-5-3-1-2-4-6-14-21-29(22-16-23-30-29)28(32)27(25-17-10-8-11-18-25)26-19-12-9-13-20-26/h8-13,16-20,22-24,27H,1-7,14-15,21H2. The van der Waals surface area contributed by atoms with E-state index >= 15 is 0 Å². The second kappa shape index (κ2) is 12.9. The van der Waals surface area contributed by atoms with E-state index < -0.39 is 5.54 Å². The monoisotopic (exact) mass is 429 g/mol. The van der Waals surface area contributed by atoms with Crippen LogP contribution < -0.4 is 0 Å². The number of carbonyl (C=O) groups excluding carboxylic acids is 2. The molecule has 0 spiro atoms. The first kappa shape index (κ1) is 23.8. The number of unbranched alkanes of at least 4 members (excludes halogenated alkanes) is 8. The summed E-state index contributed by atoms with van der Waals surface area (Å²) < 4.78 is 0. The Bertz CT molecular complexity index is 834. The summed E-state index contributed by atoms with van der Waals surface area (Å²) in [5.74, 6) is -0.154. The molecule has 0 saturated carbocycles. The van der Waals surface area contributed by atoms with Gasteiger partial charge in [-0.25, -0.2) is 0 Å². The SMILES string of the molecule is O=CCCCCCCCCCCC1(C(=O)C(c2ccccc2)c2ccccc2)C=CC=N1. The van der Waals surface area contributed by atoms with Crippen molar-refractivity contribution in [2.24, 2.45) is 4.99 Å². The van der Waals surface area contributed by atoms with Gasteiger partial charge in [-0.15, -0.1) is 0 Å². The number of benzene rings is 2. The van der Waals surface area contributed by atoms with Crippen LogP contribution in [0.1, 0.15) is 81.3 Å². The number of hydrogen-bond donors (Lipinski definition) is 0. The van der Waals surface area contributed by atoms with E-state index in [2.05, 4.69) is 0 Å². The lowest BCUT2D eigenvalue weighted by molar-refractivity contribution is -0.123. The van der Waals surface area contributed by atoms with Crippen LogP contribution in [0.15, 0.2) is 77.8 Å². The Balaban J connectivity index is 1.60. The minimum atomic E-state index is -0.759. The number of hydrogen-bond acceptors (Lipinski definition) is 3. The van der Waals surface area contributed by atoms with Crippen LogP contribution in [-0.4, -0.2) is 23.8 Å². The summed E-state index contributed by atoms with van der Waals surface area (Å²) in [6, 6.07) is 20.1. The summed E-state index contributed by atoms with van der Waals surface area (Å²) in [4.78, 5) is 29.0. The van der Waals surface area contributed by atoms with E-state index in [9.17, 15) is 9.59 Å². The molecule has 168 valence electrons. The van der Waals surface area contributed by atoms with E-state index in [1.54, 1.807) is 6.21 Å². The predicted octanol–water partition coefficient (Wildman–Crippen LogP) is 6.87. The molecule has 3 rings (SSSR count). The second-order valence-corrected chi connectivity index (χ2v) is 8.71. The van der Waals surface area contributed by atoms with Gasteiger partial charge in [-0.05, 0) is 36.1 Å². The molecule has 1 heterocycles. The van der Waals surface area contributed by atoms with E-state index in [1.807, 2.05) is 72.8 Å². The highest BCUT2D eigenvalue weighted by Crippen LogP contribution is 2.36. The zero-order chi connectivity index (χ0) is 22.5. The highest BCUT2D eigenvalue weighted by molar-refractivity contribution is 6.01. The third kappa shape index (κ3) is 6.59. The van der Waals surface area contributed by atoms with Gasteiger partial charge >= 0.3 is 0 Å². The second-order valence-electron chi connectivity index (χ2n) is 8.71. The van der Waals surface area contributed by atoms with Crippen molar-refractivity contribution in [2.45, 2.75) is 75.7 Å². The molecule has 0 aromatic heterocycles. The van der Waals surface area contributed by atoms with Crippen molar-refractivity contribution in [3.63, 3.8) is 0 Å². The minimum absolute atomic E-state index is 0.162. The molecule has 3 heteroatoms. The Kier molecular flexibility index (Phi) is 9.61. The van der Waals surface area contributed by atoms with E-state index in [-0.39, 0.29) is 11.7 Å². The number of allylic oxidation sites excluding steroid dienone is 1. The maximum absolute atomic E-state index is 14.0. The Morgan fingerprint density at radius 2 is 1.31 bits per heavy atom. The van der Waals surface area contributed by atoms with Gasteiger partial charge in [0, 0.05) is 12.6 Å². The molecular formula is C29H35NO2. The number of aliphatic imine (C=N–C) groups is 1. The van der Waals surface area contributed by atoms with Crippen molar-refractivity contribution in [3.05, 3.63) is 83.9 Å². The average molecular weight is 430 g/mol. The van der Waals surface area contributed by atoms with Crippen molar-refractivity contribution < 1.29 is 9.59 Å². The zero-order valence-corrected chi connectivity index (χ0v) is 19.0. The molecule has 1 aliphatic rings. The third-order valence-corrected chi connectivity index (χ3v) is 6.35. The minimum Gasteiger partial charge on any atom is -0.303 e. The van der Waals surface area contributed by atoms with Crippen LogP contribution in [0, 0.1) is 0 Å². The van der Waals surface area contributed by atoms with Gasteiger partial charge in [0.25, 0.3) is 0 Å². The highest BCUT2D eigenvalue weighted by atomic mass is 16.1. The van der Waals surface area contributed by atoms with Crippen LogP contribution in [0.4, 0.5) is 0 Å². The van der Waals surface area contributed by atoms with Crippen molar-refractivity contribution in [2.75, 3.05) is 0 Å². The molecule has 0 radical (unpaired) electrons. The summed E-state index contributed by atoms with van der Waals surface area (Å²) in [7, 11) is 0. The summed E-state index contributed by atoms with van der Waals surface area (Å²) in [6.45, 7) is 0. The molecule has 0 fully saturated rings. The lowest BCUT2D eigenvalue weighted by Gasteiger charge is -2.28. The fourth-order valence-electron chi connectivity index (χ4n) is 4.56. The highest BCUT2D eigenvalue weighted by Gasteiger charge is 2.41. The van der Waals surface area contributed by atoms with Crippen LogP contribution in [0.25, 0.3) is 0 Å². The van der Waals surface area contributed by atoms with Gasteiger partial charge in [0.2, 0.25) is 0 Å². The first-order chi connectivity index (χ1) is 15.8. The maximum atomic E-state index is 14.0. The van der Waals surface area contributed by atoms with Gasteiger partial charge < -0.3 is 4.79 Å². The van der Waals surface area contributed by atoms with Crippen molar-refractivity contribution >= 4 is 18.3 Å². The van der Waals surface area contributed by atoms with Gasteiger partial charge in [-0.3, -0.25) is 9.79 Å². The quantitative estimate of drug-likeness (QED) is 0.229. The van der Waals surface area contributed by atoms with Crippen LogP contribution in [0.2, 0.25) is 0 Å². The molecule has 0 amide bonds. The molecule has 1 aliphatic heterocycles. The molecular weight excluding hydrogens is 394 g/mol. The van der Waals surface area contributed by atoms with Gasteiger partial charge in [-0.2, -0.15) is 0 Å². The van der Waals surface area contributed by atoms with Gasteiger partial charge in [0.05, 0.1) is 5.92 Å². The number of ketones is 1. The topological polar surface area (TPSA) is 46.5 Å². The van der Waals surface area contributed by atoms with Gasteiger partial charge in [-0.1, -0.05) is 106 Å². The largest absolute Gasteiger partial charge is 0.303 e. The molecule has 1 atom stereocenters. The van der Waals surface area contributed by atoms with Gasteiger partial charge in [0.15, 0.2) is 5.78 Å². The number of Topliss-reactive ketones (excluding diaryl/α,β-unsaturated/α-hetero) is 1. The molecule has 2 aromatic carbocycles.